The first-order valence-electron chi connectivity index (χ1n) is 12.7. The van der Waals surface area contributed by atoms with Crippen molar-refractivity contribution in [3.05, 3.63) is 108 Å². The predicted molar refractivity (Wildman–Crippen MR) is 157 cm³/mol. The van der Waals surface area contributed by atoms with Crippen LogP contribution in [0.1, 0.15) is 45.1 Å². The van der Waals surface area contributed by atoms with Crippen molar-refractivity contribution in [2.24, 2.45) is 4.99 Å². The molecule has 0 saturated heterocycles. The second kappa shape index (κ2) is 11.9. The molecule has 2 aromatic carbocycles. The Balaban J connectivity index is 1.56. The third-order valence-corrected chi connectivity index (χ3v) is 8.16. The summed E-state index contributed by atoms with van der Waals surface area (Å²) in [5.74, 6) is 0.740. The fraction of sp³-hybridized carbons (Fsp3) is 0.233. The van der Waals surface area contributed by atoms with E-state index in [1.54, 1.807) is 31.4 Å². The summed E-state index contributed by atoms with van der Waals surface area (Å²) in [5, 5.41) is 1.35. The quantitative estimate of drug-likeness (QED) is 0.233. The highest BCUT2D eigenvalue weighted by Gasteiger charge is 2.33. The van der Waals surface area contributed by atoms with Gasteiger partial charge in [0.1, 0.15) is 11.5 Å². The van der Waals surface area contributed by atoms with Crippen LogP contribution in [-0.4, -0.2) is 23.2 Å². The van der Waals surface area contributed by atoms with E-state index in [0.717, 1.165) is 10.5 Å². The molecule has 3 heterocycles. The van der Waals surface area contributed by atoms with Gasteiger partial charge in [0.05, 0.1) is 34.6 Å². The van der Waals surface area contributed by atoms with E-state index in [2.05, 4.69) is 4.99 Å². The Morgan fingerprint density at radius 2 is 1.88 bits per heavy atom. The topological polar surface area (TPSA) is 83.0 Å². The van der Waals surface area contributed by atoms with Crippen molar-refractivity contribution >= 4 is 46.7 Å². The molecule has 7 nitrogen and oxygen atoms in total. The third-order valence-electron chi connectivity index (χ3n) is 6.00. The fourth-order valence-electron chi connectivity index (χ4n) is 4.30. The van der Waals surface area contributed by atoms with Gasteiger partial charge in [0.2, 0.25) is 0 Å². The number of allylic oxidation sites excluding steroid dienone is 1. The van der Waals surface area contributed by atoms with Gasteiger partial charge in [0.15, 0.2) is 9.89 Å². The zero-order chi connectivity index (χ0) is 28.4. The van der Waals surface area contributed by atoms with Crippen molar-refractivity contribution in [3.8, 4) is 5.75 Å². The number of carbonyl (C=O) groups is 1. The zero-order valence-corrected chi connectivity index (χ0v) is 24.7. The van der Waals surface area contributed by atoms with Crippen LogP contribution in [0.15, 0.2) is 96.1 Å². The molecule has 0 unspecified atom stereocenters. The maximum atomic E-state index is 13.8. The van der Waals surface area contributed by atoms with E-state index in [0.29, 0.717) is 48.8 Å². The molecule has 0 amide bonds. The van der Waals surface area contributed by atoms with Crippen LogP contribution in [0.2, 0.25) is 5.02 Å². The number of furan rings is 1. The van der Waals surface area contributed by atoms with E-state index in [1.807, 2.05) is 67.6 Å². The molecule has 206 valence electrons. The molecule has 5 rings (SSSR count). The Morgan fingerprint density at radius 3 is 2.55 bits per heavy atom. The number of ether oxygens (including phenoxy) is 2. The van der Waals surface area contributed by atoms with Gasteiger partial charge in [-0.3, -0.25) is 9.36 Å². The molecule has 1 aliphatic heterocycles. The highest BCUT2D eigenvalue weighted by Crippen LogP contribution is 2.32. The Bertz CT molecular complexity index is 1750. The molecular formula is C30H27ClN2O5S2. The molecule has 0 bridgehead atoms. The van der Waals surface area contributed by atoms with Crippen molar-refractivity contribution in [1.29, 1.82) is 0 Å². The lowest BCUT2D eigenvalue weighted by molar-refractivity contribution is -0.143. The highest BCUT2D eigenvalue weighted by atomic mass is 35.5. The first-order chi connectivity index (χ1) is 19.2. The second-order valence-electron chi connectivity index (χ2n) is 9.25. The first-order valence-corrected chi connectivity index (χ1v) is 14.7. The summed E-state index contributed by atoms with van der Waals surface area (Å²) >= 11 is 8.69. The van der Waals surface area contributed by atoms with Crippen molar-refractivity contribution < 1.29 is 18.7 Å². The van der Waals surface area contributed by atoms with Gasteiger partial charge in [0.25, 0.3) is 5.56 Å². The second-order valence-corrected chi connectivity index (χ2v) is 11.8. The minimum Gasteiger partial charge on any atom is -0.494 e. The zero-order valence-electron chi connectivity index (χ0n) is 22.3. The minimum absolute atomic E-state index is 0.270. The molecule has 0 spiro atoms. The molecule has 0 radical (unpaired) electrons. The van der Waals surface area contributed by atoms with Crippen LogP contribution in [0.3, 0.4) is 0 Å². The molecule has 0 saturated carbocycles. The van der Waals surface area contributed by atoms with Crippen LogP contribution in [0.25, 0.3) is 6.08 Å². The standard InChI is InChI=1S/C30H27ClN2O5S2/c1-5-36-21-10-6-19(7-11-21)27-26(29(35)37-17(2)3)18(4)32-30-33(27)28(34)24(40-30)16-22-12-15-25(38-22)39-23-13-8-20(31)9-14-23/h6-17,27H,5H2,1-4H3/b24-16+/t27-/m0/s1. The summed E-state index contributed by atoms with van der Waals surface area (Å²) in [6.45, 7) is 7.79. The van der Waals surface area contributed by atoms with Crippen LogP contribution in [0, 0.1) is 0 Å². The monoisotopic (exact) mass is 594 g/mol. The van der Waals surface area contributed by atoms with Crippen LogP contribution in [0.5, 0.6) is 5.75 Å². The lowest BCUT2D eigenvalue weighted by Gasteiger charge is -2.25. The predicted octanol–water partition coefficient (Wildman–Crippen LogP) is 5.98. The normalized spacial score (nSPS) is 15.2. The summed E-state index contributed by atoms with van der Waals surface area (Å²) in [7, 11) is 0. The number of benzene rings is 2. The van der Waals surface area contributed by atoms with Gasteiger partial charge in [-0.05, 0) is 81.8 Å². The maximum absolute atomic E-state index is 13.8. The van der Waals surface area contributed by atoms with Crippen molar-refractivity contribution in [2.45, 2.75) is 49.8 Å². The molecule has 0 N–H and O–H groups in total. The Morgan fingerprint density at radius 1 is 1.15 bits per heavy atom. The van der Waals surface area contributed by atoms with Gasteiger partial charge in [-0.1, -0.05) is 46.8 Å². The smallest absolute Gasteiger partial charge is 0.338 e. The molecule has 10 heteroatoms. The molecule has 1 atom stereocenters. The van der Waals surface area contributed by atoms with Crippen molar-refractivity contribution in [3.63, 3.8) is 0 Å². The molecule has 0 fully saturated rings. The number of fused-ring (bicyclic) bond motifs is 1. The summed E-state index contributed by atoms with van der Waals surface area (Å²) < 4.78 is 19.1. The van der Waals surface area contributed by atoms with E-state index in [9.17, 15) is 9.59 Å². The molecule has 2 aromatic heterocycles. The van der Waals surface area contributed by atoms with Gasteiger partial charge < -0.3 is 13.9 Å². The average molecular weight is 595 g/mol. The molecule has 0 aliphatic carbocycles. The molecule has 1 aliphatic rings. The number of hydrogen-bond donors (Lipinski definition) is 0. The number of aromatic nitrogens is 1. The Hall–Kier alpha value is -3.53. The van der Waals surface area contributed by atoms with Gasteiger partial charge in [-0.25, -0.2) is 9.79 Å². The molecular weight excluding hydrogens is 568 g/mol. The number of carbonyl (C=O) groups excluding carboxylic acids is 1. The van der Waals surface area contributed by atoms with Crippen molar-refractivity contribution in [2.75, 3.05) is 6.61 Å². The molecule has 40 heavy (non-hydrogen) atoms. The summed E-state index contributed by atoms with van der Waals surface area (Å²) in [6.07, 6.45) is 1.38. The van der Waals surface area contributed by atoms with E-state index in [4.69, 9.17) is 25.5 Å². The lowest BCUT2D eigenvalue weighted by Crippen LogP contribution is -2.40. The van der Waals surface area contributed by atoms with Crippen LogP contribution < -0.4 is 19.6 Å². The highest BCUT2D eigenvalue weighted by molar-refractivity contribution is 7.99. The minimum atomic E-state index is -0.701. The van der Waals surface area contributed by atoms with Gasteiger partial charge in [-0.15, -0.1) is 0 Å². The first kappa shape index (κ1) is 28.0. The number of hydrogen-bond acceptors (Lipinski definition) is 8. The number of thiazole rings is 1. The van der Waals surface area contributed by atoms with Crippen LogP contribution >= 0.6 is 34.7 Å². The van der Waals surface area contributed by atoms with E-state index in [1.165, 1.54) is 23.1 Å². The summed E-state index contributed by atoms with van der Waals surface area (Å²) in [6, 6.07) is 17.8. The summed E-state index contributed by atoms with van der Waals surface area (Å²) in [4.78, 5) is 33.2. The number of esters is 1. The largest absolute Gasteiger partial charge is 0.494 e. The van der Waals surface area contributed by atoms with Crippen LogP contribution in [-0.2, 0) is 9.53 Å². The van der Waals surface area contributed by atoms with Gasteiger partial charge in [0, 0.05) is 16.0 Å². The van der Waals surface area contributed by atoms with Gasteiger partial charge in [-0.2, -0.15) is 0 Å². The maximum Gasteiger partial charge on any atom is 0.338 e. The van der Waals surface area contributed by atoms with E-state index >= 15 is 0 Å². The Kier molecular flexibility index (Phi) is 8.35. The summed E-state index contributed by atoms with van der Waals surface area (Å²) in [5.41, 5.74) is 1.32. The van der Waals surface area contributed by atoms with Crippen LogP contribution in [0.4, 0.5) is 0 Å². The number of nitrogens with zero attached hydrogens (tertiary/aromatic N) is 2. The average Bonchev–Trinajstić information content (AvgIpc) is 3.48. The lowest BCUT2D eigenvalue weighted by atomic mass is 9.96. The molecule has 4 aromatic rings. The SMILES string of the molecule is CCOc1ccc([C@H]2C(C(=O)OC(C)C)=C(C)N=c3s/c(=C/c4ccc(Sc5ccc(Cl)cc5)o4)c(=O)n32)cc1. The van der Waals surface area contributed by atoms with Crippen molar-refractivity contribution in [1.82, 2.24) is 4.57 Å². The van der Waals surface area contributed by atoms with Gasteiger partial charge >= 0.3 is 5.97 Å². The third kappa shape index (κ3) is 5.96. The van der Waals surface area contributed by atoms with E-state index in [-0.39, 0.29) is 11.7 Å². The fourth-order valence-corrected chi connectivity index (χ4v) is 6.23. The number of rotatable bonds is 8. The number of halogens is 1. The van der Waals surface area contributed by atoms with E-state index < -0.39 is 12.0 Å². The Labute approximate surface area is 244 Å².